The largest absolute Gasteiger partial charge is 0.416 e. The molecule has 3 atom stereocenters. The fourth-order valence-electron chi connectivity index (χ4n) is 3.23. The van der Waals surface area contributed by atoms with E-state index in [0.717, 1.165) is 13.0 Å². The first-order chi connectivity index (χ1) is 9.75. The van der Waals surface area contributed by atoms with Crippen LogP contribution in [-0.4, -0.2) is 25.7 Å². The van der Waals surface area contributed by atoms with Crippen LogP contribution in [0.1, 0.15) is 31.4 Å². The van der Waals surface area contributed by atoms with E-state index in [1.165, 1.54) is 13.0 Å². The molecule has 5 heteroatoms. The number of benzene rings is 1. The van der Waals surface area contributed by atoms with E-state index >= 15 is 0 Å². The molecule has 1 aromatic carbocycles. The summed E-state index contributed by atoms with van der Waals surface area (Å²) in [6, 6.07) is 5.29. The quantitative estimate of drug-likeness (QED) is 0.893. The average Bonchev–Trinajstić information content (AvgIpc) is 2.41. The lowest BCUT2D eigenvalue weighted by atomic mass is 9.86. The Hall–Kier alpha value is -1.23. The molecular weight excluding hydrogens is 277 g/mol. The van der Waals surface area contributed by atoms with Gasteiger partial charge in [-0.15, -0.1) is 0 Å². The van der Waals surface area contributed by atoms with E-state index in [2.05, 4.69) is 24.1 Å². The van der Waals surface area contributed by atoms with Crippen molar-refractivity contribution >= 4 is 5.69 Å². The molecule has 1 heterocycles. The molecule has 0 bridgehead atoms. The third-order valence-corrected chi connectivity index (χ3v) is 4.80. The molecule has 0 aliphatic carbocycles. The Labute approximate surface area is 124 Å². The Morgan fingerprint density at radius 3 is 2.48 bits per heavy atom. The normalized spacial score (nSPS) is 27.0. The zero-order valence-electron chi connectivity index (χ0n) is 13.0. The molecule has 0 saturated carbocycles. The van der Waals surface area contributed by atoms with Gasteiger partial charge in [0.2, 0.25) is 0 Å². The Bertz CT molecular complexity index is 499. The van der Waals surface area contributed by atoms with Gasteiger partial charge in [-0.1, -0.05) is 13.0 Å². The number of alkyl halides is 3. The van der Waals surface area contributed by atoms with Crippen molar-refractivity contribution in [3.63, 3.8) is 0 Å². The summed E-state index contributed by atoms with van der Waals surface area (Å²) in [6.07, 6.45) is -3.35. The molecule has 1 fully saturated rings. The SMILES string of the molecule is CNC1CCN(c2ccc(C)c(C(F)(F)F)c2)C(C)C1C. The van der Waals surface area contributed by atoms with E-state index in [1.807, 2.05) is 7.05 Å². The summed E-state index contributed by atoms with van der Waals surface area (Å²) in [5.41, 5.74) is 0.412. The molecule has 2 rings (SSSR count). The summed E-state index contributed by atoms with van der Waals surface area (Å²) in [6.45, 7) is 6.52. The van der Waals surface area contributed by atoms with Gasteiger partial charge in [0.25, 0.3) is 0 Å². The van der Waals surface area contributed by atoms with Crippen LogP contribution in [-0.2, 0) is 6.18 Å². The number of piperidine rings is 1. The summed E-state index contributed by atoms with van der Waals surface area (Å²) >= 11 is 0. The fraction of sp³-hybridized carbons (Fsp3) is 0.625. The number of nitrogens with zero attached hydrogens (tertiary/aromatic N) is 1. The Balaban J connectivity index is 2.31. The third kappa shape index (κ3) is 3.18. The second kappa shape index (κ2) is 5.87. The van der Waals surface area contributed by atoms with Crippen LogP contribution in [0.2, 0.25) is 0 Å². The summed E-state index contributed by atoms with van der Waals surface area (Å²) in [5.74, 6) is 0.388. The minimum absolute atomic E-state index is 0.208. The van der Waals surface area contributed by atoms with Crippen LogP contribution in [0.15, 0.2) is 18.2 Å². The van der Waals surface area contributed by atoms with Gasteiger partial charge >= 0.3 is 6.18 Å². The second-order valence-electron chi connectivity index (χ2n) is 5.97. The van der Waals surface area contributed by atoms with Crippen molar-refractivity contribution in [2.75, 3.05) is 18.5 Å². The zero-order valence-corrected chi connectivity index (χ0v) is 13.0. The highest BCUT2D eigenvalue weighted by Crippen LogP contribution is 2.36. The molecule has 3 unspecified atom stereocenters. The molecule has 0 amide bonds. The van der Waals surface area contributed by atoms with Crippen molar-refractivity contribution in [2.45, 2.75) is 45.5 Å². The number of hydrogen-bond donors (Lipinski definition) is 1. The molecule has 1 N–H and O–H groups in total. The number of halogens is 3. The van der Waals surface area contributed by atoms with Crippen molar-refractivity contribution in [1.29, 1.82) is 0 Å². The van der Waals surface area contributed by atoms with Crippen LogP contribution >= 0.6 is 0 Å². The van der Waals surface area contributed by atoms with E-state index < -0.39 is 11.7 Å². The highest BCUT2D eigenvalue weighted by molar-refractivity contribution is 5.53. The molecule has 1 saturated heterocycles. The van der Waals surface area contributed by atoms with Crippen molar-refractivity contribution in [3.8, 4) is 0 Å². The minimum atomic E-state index is -4.29. The molecular formula is C16H23F3N2. The van der Waals surface area contributed by atoms with Crippen LogP contribution in [0.25, 0.3) is 0 Å². The molecule has 0 aromatic heterocycles. The van der Waals surface area contributed by atoms with Gasteiger partial charge in [-0.05, 0) is 50.9 Å². The second-order valence-corrected chi connectivity index (χ2v) is 5.97. The standard InChI is InChI=1S/C16H23F3N2/c1-10-5-6-13(9-14(10)16(17,18)19)21-8-7-15(20-4)11(2)12(21)3/h5-6,9,11-12,15,20H,7-8H2,1-4H3. The summed E-state index contributed by atoms with van der Waals surface area (Å²) in [4.78, 5) is 2.09. The van der Waals surface area contributed by atoms with Crippen LogP contribution in [0.3, 0.4) is 0 Å². The topological polar surface area (TPSA) is 15.3 Å². The summed E-state index contributed by atoms with van der Waals surface area (Å²) in [7, 11) is 1.94. The van der Waals surface area contributed by atoms with Crippen LogP contribution in [0.4, 0.5) is 18.9 Å². The molecule has 21 heavy (non-hydrogen) atoms. The van der Waals surface area contributed by atoms with E-state index in [0.29, 0.717) is 17.6 Å². The predicted molar refractivity (Wildman–Crippen MR) is 79.6 cm³/mol. The molecule has 0 spiro atoms. The molecule has 1 aliphatic rings. The van der Waals surface area contributed by atoms with E-state index in [4.69, 9.17) is 0 Å². The fourth-order valence-corrected chi connectivity index (χ4v) is 3.23. The highest BCUT2D eigenvalue weighted by atomic mass is 19.4. The zero-order chi connectivity index (χ0) is 15.8. The number of anilines is 1. The van der Waals surface area contributed by atoms with Crippen molar-refractivity contribution in [3.05, 3.63) is 29.3 Å². The van der Waals surface area contributed by atoms with Crippen molar-refractivity contribution < 1.29 is 13.2 Å². The van der Waals surface area contributed by atoms with Gasteiger partial charge in [0.15, 0.2) is 0 Å². The van der Waals surface area contributed by atoms with Gasteiger partial charge in [0, 0.05) is 24.3 Å². The average molecular weight is 300 g/mol. The van der Waals surface area contributed by atoms with Gasteiger partial charge in [-0.2, -0.15) is 13.2 Å². The Morgan fingerprint density at radius 2 is 1.90 bits per heavy atom. The smallest absolute Gasteiger partial charge is 0.368 e. The first kappa shape index (κ1) is 16.1. The van der Waals surface area contributed by atoms with Crippen LogP contribution < -0.4 is 10.2 Å². The van der Waals surface area contributed by atoms with Gasteiger partial charge in [-0.25, -0.2) is 0 Å². The Morgan fingerprint density at radius 1 is 1.24 bits per heavy atom. The summed E-state index contributed by atoms with van der Waals surface area (Å²) < 4.78 is 39.2. The first-order valence-corrected chi connectivity index (χ1v) is 7.37. The third-order valence-electron chi connectivity index (χ3n) is 4.80. The van der Waals surface area contributed by atoms with Gasteiger partial charge < -0.3 is 10.2 Å². The van der Waals surface area contributed by atoms with Gasteiger partial charge in [-0.3, -0.25) is 0 Å². The monoisotopic (exact) mass is 300 g/mol. The molecule has 118 valence electrons. The van der Waals surface area contributed by atoms with Crippen molar-refractivity contribution in [1.82, 2.24) is 5.32 Å². The number of nitrogens with one attached hydrogen (secondary N) is 1. The maximum atomic E-state index is 13.1. The highest BCUT2D eigenvalue weighted by Gasteiger charge is 2.35. The van der Waals surface area contributed by atoms with Crippen LogP contribution in [0, 0.1) is 12.8 Å². The number of aryl methyl sites for hydroxylation is 1. The molecule has 2 nitrogen and oxygen atoms in total. The van der Waals surface area contributed by atoms with E-state index in [1.54, 1.807) is 12.1 Å². The van der Waals surface area contributed by atoms with Gasteiger partial charge in [0.1, 0.15) is 0 Å². The van der Waals surface area contributed by atoms with E-state index in [9.17, 15) is 13.2 Å². The van der Waals surface area contributed by atoms with Crippen molar-refractivity contribution in [2.24, 2.45) is 5.92 Å². The minimum Gasteiger partial charge on any atom is -0.368 e. The molecule has 0 radical (unpaired) electrons. The maximum absolute atomic E-state index is 13.1. The van der Waals surface area contributed by atoms with Crippen LogP contribution in [0.5, 0.6) is 0 Å². The van der Waals surface area contributed by atoms with E-state index in [-0.39, 0.29) is 11.6 Å². The first-order valence-electron chi connectivity index (χ1n) is 7.37. The number of rotatable bonds is 2. The summed E-state index contributed by atoms with van der Waals surface area (Å²) in [5, 5.41) is 3.29. The lowest BCUT2D eigenvalue weighted by Gasteiger charge is -2.44. The number of hydrogen-bond acceptors (Lipinski definition) is 2. The lowest BCUT2D eigenvalue weighted by molar-refractivity contribution is -0.138. The maximum Gasteiger partial charge on any atom is 0.416 e. The lowest BCUT2D eigenvalue weighted by Crippen LogP contribution is -2.52. The predicted octanol–water partition coefficient (Wildman–Crippen LogP) is 3.84. The molecule has 1 aromatic rings. The Kier molecular flexibility index (Phi) is 4.51. The van der Waals surface area contributed by atoms with Gasteiger partial charge in [0.05, 0.1) is 5.56 Å². The molecule has 1 aliphatic heterocycles.